The second kappa shape index (κ2) is 10.4. The summed E-state index contributed by atoms with van der Waals surface area (Å²) in [5.41, 5.74) is 2.21. The first kappa shape index (κ1) is 16.2. The van der Waals surface area contributed by atoms with Gasteiger partial charge in [-0.2, -0.15) is 0 Å². The predicted octanol–water partition coefficient (Wildman–Crippen LogP) is 2.67. The monoisotopic (exact) mass is 259 g/mol. The zero-order chi connectivity index (χ0) is 13.1. The third-order valence-corrected chi connectivity index (χ3v) is 3.36. The van der Waals surface area contributed by atoms with E-state index in [1.54, 1.807) is 12.4 Å². The number of unbranched alkanes of at least 4 members (excludes halogenated alkanes) is 4. The van der Waals surface area contributed by atoms with Crippen LogP contribution in [0, 0.1) is 0 Å². The summed E-state index contributed by atoms with van der Waals surface area (Å²) in [5, 5.41) is 8.34. The molecule has 0 radical (unpaired) electrons. The third kappa shape index (κ3) is 10.1. The highest BCUT2D eigenvalue weighted by molar-refractivity contribution is 8.14. The summed E-state index contributed by atoms with van der Waals surface area (Å²) in [5.74, 6) is 0.510. The summed E-state index contributed by atoms with van der Waals surface area (Å²) >= 11 is 1.32. The summed E-state index contributed by atoms with van der Waals surface area (Å²) in [6, 6.07) is 0. The van der Waals surface area contributed by atoms with Crippen LogP contribution in [0.3, 0.4) is 0 Å². The quantitative estimate of drug-likeness (QED) is 0.289. The molecule has 5 heteroatoms. The summed E-state index contributed by atoms with van der Waals surface area (Å²) in [7, 11) is 0. The van der Waals surface area contributed by atoms with E-state index in [0.717, 1.165) is 37.9 Å². The van der Waals surface area contributed by atoms with E-state index >= 15 is 0 Å². The number of rotatable bonds is 9. The number of carbonyl (C=O) groups is 2. The fourth-order valence-corrected chi connectivity index (χ4v) is 2.04. The van der Waals surface area contributed by atoms with Gasteiger partial charge in [0.2, 0.25) is 11.0 Å². The molecule has 0 aliphatic heterocycles. The largest absolute Gasteiger partial charge is 0.289 e. The van der Waals surface area contributed by atoms with Gasteiger partial charge in [-0.15, -0.1) is 0 Å². The van der Waals surface area contributed by atoms with Crippen molar-refractivity contribution in [1.29, 1.82) is 0 Å². The highest BCUT2D eigenvalue weighted by Crippen LogP contribution is 2.13. The van der Waals surface area contributed by atoms with Crippen molar-refractivity contribution in [2.45, 2.75) is 45.4 Å². The fraction of sp³-hybridized carbons (Fsp3) is 0.667. The van der Waals surface area contributed by atoms with Crippen LogP contribution >= 0.6 is 11.8 Å². The molecule has 0 saturated heterocycles. The summed E-state index contributed by atoms with van der Waals surface area (Å²) in [4.78, 5) is 21.9. The molecule has 0 heterocycles. The minimum atomic E-state index is -0.326. The average molecular weight is 259 g/mol. The van der Waals surface area contributed by atoms with E-state index in [0.29, 0.717) is 12.0 Å². The minimum Gasteiger partial charge on any atom is -0.289 e. The van der Waals surface area contributed by atoms with Gasteiger partial charge in [-0.05, 0) is 25.3 Å². The SMILES string of the molecule is C=C(C)C(=O)SCCCCCCCC(=O)NO. The van der Waals surface area contributed by atoms with Crippen LogP contribution in [0.5, 0.6) is 0 Å². The lowest BCUT2D eigenvalue weighted by Crippen LogP contribution is -2.17. The Morgan fingerprint density at radius 3 is 2.35 bits per heavy atom. The van der Waals surface area contributed by atoms with E-state index in [9.17, 15) is 9.59 Å². The van der Waals surface area contributed by atoms with Crippen LogP contribution in [0.4, 0.5) is 0 Å². The van der Waals surface area contributed by atoms with Gasteiger partial charge >= 0.3 is 0 Å². The number of hydrogen-bond donors (Lipinski definition) is 2. The average Bonchev–Trinajstić information content (AvgIpc) is 2.31. The molecule has 0 aliphatic rings. The molecule has 0 saturated carbocycles. The van der Waals surface area contributed by atoms with Crippen LogP contribution in [0.2, 0.25) is 0 Å². The first-order valence-electron chi connectivity index (χ1n) is 5.83. The molecule has 0 aromatic rings. The van der Waals surface area contributed by atoms with Crippen LogP contribution in [0.25, 0.3) is 0 Å². The second-order valence-electron chi connectivity index (χ2n) is 3.97. The molecular weight excluding hydrogens is 238 g/mol. The molecule has 0 aromatic heterocycles. The fourth-order valence-electron chi connectivity index (χ4n) is 1.26. The van der Waals surface area contributed by atoms with E-state index in [2.05, 4.69) is 6.58 Å². The van der Waals surface area contributed by atoms with Gasteiger partial charge in [-0.3, -0.25) is 14.8 Å². The van der Waals surface area contributed by atoms with Gasteiger partial charge in [-0.25, -0.2) is 5.48 Å². The normalized spacial score (nSPS) is 10.0. The molecule has 0 atom stereocenters. The predicted molar refractivity (Wildman–Crippen MR) is 69.9 cm³/mol. The van der Waals surface area contributed by atoms with Crippen LogP contribution in [0.15, 0.2) is 12.2 Å². The zero-order valence-corrected chi connectivity index (χ0v) is 11.1. The number of nitrogens with one attached hydrogen (secondary N) is 1. The number of carbonyl (C=O) groups excluding carboxylic acids is 2. The molecule has 0 aliphatic carbocycles. The van der Waals surface area contributed by atoms with E-state index in [1.807, 2.05) is 0 Å². The lowest BCUT2D eigenvalue weighted by molar-refractivity contribution is -0.129. The number of hydroxylamine groups is 1. The Balaban J connectivity index is 3.22. The molecule has 1 amide bonds. The van der Waals surface area contributed by atoms with Gasteiger partial charge in [-0.1, -0.05) is 37.6 Å². The van der Waals surface area contributed by atoms with Crippen molar-refractivity contribution >= 4 is 22.8 Å². The molecule has 2 N–H and O–H groups in total. The van der Waals surface area contributed by atoms with Crippen molar-refractivity contribution in [3.05, 3.63) is 12.2 Å². The molecule has 0 bridgehead atoms. The highest BCUT2D eigenvalue weighted by atomic mass is 32.2. The van der Waals surface area contributed by atoms with Gasteiger partial charge < -0.3 is 0 Å². The number of thioether (sulfide) groups is 1. The van der Waals surface area contributed by atoms with Crippen LogP contribution in [0.1, 0.15) is 45.4 Å². The van der Waals surface area contributed by atoms with Crippen LogP contribution in [-0.2, 0) is 9.59 Å². The van der Waals surface area contributed by atoms with Gasteiger partial charge in [0.1, 0.15) is 0 Å². The van der Waals surface area contributed by atoms with E-state index in [1.165, 1.54) is 11.8 Å². The molecule has 0 fully saturated rings. The Morgan fingerprint density at radius 1 is 1.18 bits per heavy atom. The third-order valence-electron chi connectivity index (χ3n) is 2.25. The lowest BCUT2D eigenvalue weighted by Gasteiger charge is -2.01. The Labute approximate surface area is 107 Å². The maximum Gasteiger partial charge on any atom is 0.243 e. The lowest BCUT2D eigenvalue weighted by atomic mass is 10.1. The van der Waals surface area contributed by atoms with E-state index in [-0.39, 0.29) is 11.0 Å². The maximum absolute atomic E-state index is 11.2. The first-order chi connectivity index (χ1) is 8.07. The standard InChI is InChI=1S/C12H21NO3S/c1-10(2)12(15)17-9-7-5-3-4-6-8-11(14)13-16/h16H,1,3-9H2,2H3,(H,13,14). The molecule has 4 nitrogen and oxygen atoms in total. The van der Waals surface area contributed by atoms with Crippen molar-refractivity contribution in [1.82, 2.24) is 5.48 Å². The van der Waals surface area contributed by atoms with E-state index < -0.39 is 0 Å². The highest BCUT2D eigenvalue weighted by Gasteiger charge is 2.02. The Morgan fingerprint density at radius 2 is 1.76 bits per heavy atom. The number of amides is 1. The molecule has 0 spiro atoms. The minimum absolute atomic E-state index is 0.0737. The molecule has 17 heavy (non-hydrogen) atoms. The molecule has 0 unspecified atom stereocenters. The Kier molecular flexibility index (Phi) is 9.86. The first-order valence-corrected chi connectivity index (χ1v) is 6.82. The molecule has 0 rings (SSSR count). The van der Waals surface area contributed by atoms with Crippen molar-refractivity contribution in [3.8, 4) is 0 Å². The topological polar surface area (TPSA) is 66.4 Å². The smallest absolute Gasteiger partial charge is 0.243 e. The van der Waals surface area contributed by atoms with Gasteiger partial charge in [0, 0.05) is 12.2 Å². The zero-order valence-electron chi connectivity index (χ0n) is 10.3. The van der Waals surface area contributed by atoms with Crippen molar-refractivity contribution in [3.63, 3.8) is 0 Å². The number of hydrogen-bond acceptors (Lipinski definition) is 4. The summed E-state index contributed by atoms with van der Waals surface area (Å²) in [6.45, 7) is 5.31. The van der Waals surface area contributed by atoms with Gasteiger partial charge in [0.15, 0.2) is 0 Å². The molecular formula is C12H21NO3S. The summed E-state index contributed by atoms with van der Waals surface area (Å²) < 4.78 is 0. The Bertz CT molecular complexity index is 266. The molecule has 98 valence electrons. The van der Waals surface area contributed by atoms with E-state index in [4.69, 9.17) is 5.21 Å². The summed E-state index contributed by atoms with van der Waals surface area (Å²) in [6.07, 6.45) is 5.28. The molecule has 0 aromatic carbocycles. The van der Waals surface area contributed by atoms with Crippen LogP contribution in [-0.4, -0.2) is 22.0 Å². The van der Waals surface area contributed by atoms with Crippen molar-refractivity contribution in [2.75, 3.05) is 5.75 Å². The second-order valence-corrected chi connectivity index (χ2v) is 5.04. The van der Waals surface area contributed by atoms with Gasteiger partial charge in [0.05, 0.1) is 0 Å². The van der Waals surface area contributed by atoms with Crippen LogP contribution < -0.4 is 5.48 Å². The van der Waals surface area contributed by atoms with Gasteiger partial charge in [0.25, 0.3) is 0 Å². The van der Waals surface area contributed by atoms with Crippen molar-refractivity contribution in [2.24, 2.45) is 0 Å². The Hall–Kier alpha value is -0.810. The maximum atomic E-state index is 11.2. The van der Waals surface area contributed by atoms with Crippen molar-refractivity contribution < 1.29 is 14.8 Å².